The summed E-state index contributed by atoms with van der Waals surface area (Å²) < 4.78 is 11.6. The lowest BCUT2D eigenvalue weighted by Crippen LogP contribution is -2.10. The quantitative estimate of drug-likeness (QED) is 0.867. The molecular weight excluding hydrogens is 250 g/mol. The van der Waals surface area contributed by atoms with E-state index in [2.05, 4.69) is 50.4 Å². The Morgan fingerprint density at radius 2 is 1.95 bits per heavy atom. The van der Waals surface area contributed by atoms with E-state index >= 15 is 0 Å². The summed E-state index contributed by atoms with van der Waals surface area (Å²) in [6, 6.07) is 8.33. The molecule has 3 heteroatoms. The van der Waals surface area contributed by atoms with Gasteiger partial charge in [0.2, 0.25) is 0 Å². The topological polar surface area (TPSA) is 34.4 Å². The lowest BCUT2D eigenvalue weighted by molar-refractivity contribution is 0.300. The summed E-state index contributed by atoms with van der Waals surface area (Å²) in [5, 5.41) is 3.26. The Kier molecular flexibility index (Phi) is 4.85. The molecule has 0 atom stereocenters. The SMILES string of the molecule is CCNCc1cc(COc2cc(C)ccc2C)c(C)o1. The van der Waals surface area contributed by atoms with Gasteiger partial charge in [0.15, 0.2) is 0 Å². The minimum absolute atomic E-state index is 0.547. The van der Waals surface area contributed by atoms with Crippen molar-refractivity contribution in [2.75, 3.05) is 6.54 Å². The van der Waals surface area contributed by atoms with Gasteiger partial charge in [-0.2, -0.15) is 0 Å². The molecule has 20 heavy (non-hydrogen) atoms. The zero-order chi connectivity index (χ0) is 14.5. The van der Waals surface area contributed by atoms with Crippen LogP contribution in [0.25, 0.3) is 0 Å². The van der Waals surface area contributed by atoms with Crippen molar-refractivity contribution < 1.29 is 9.15 Å². The van der Waals surface area contributed by atoms with Gasteiger partial charge < -0.3 is 14.5 Å². The molecule has 0 aliphatic heterocycles. The first kappa shape index (κ1) is 14.7. The molecule has 0 fully saturated rings. The van der Waals surface area contributed by atoms with E-state index in [9.17, 15) is 0 Å². The van der Waals surface area contributed by atoms with Gasteiger partial charge in [0.25, 0.3) is 0 Å². The smallest absolute Gasteiger partial charge is 0.122 e. The molecule has 1 heterocycles. The van der Waals surface area contributed by atoms with Crippen molar-refractivity contribution in [2.45, 2.75) is 40.8 Å². The van der Waals surface area contributed by atoms with Gasteiger partial charge >= 0.3 is 0 Å². The Bertz CT molecular complexity index is 572. The van der Waals surface area contributed by atoms with E-state index in [-0.39, 0.29) is 0 Å². The summed E-state index contributed by atoms with van der Waals surface area (Å²) in [4.78, 5) is 0. The van der Waals surface area contributed by atoms with Crippen molar-refractivity contribution in [1.29, 1.82) is 0 Å². The number of benzene rings is 1. The van der Waals surface area contributed by atoms with Crippen LogP contribution in [0.5, 0.6) is 5.75 Å². The van der Waals surface area contributed by atoms with Crippen LogP contribution >= 0.6 is 0 Å². The summed E-state index contributed by atoms with van der Waals surface area (Å²) in [7, 11) is 0. The molecule has 108 valence electrons. The van der Waals surface area contributed by atoms with E-state index in [1.165, 1.54) is 5.56 Å². The van der Waals surface area contributed by atoms with Crippen molar-refractivity contribution in [3.8, 4) is 5.75 Å². The summed E-state index contributed by atoms with van der Waals surface area (Å²) >= 11 is 0. The zero-order valence-electron chi connectivity index (χ0n) is 12.7. The number of ether oxygens (including phenoxy) is 1. The van der Waals surface area contributed by atoms with E-state index in [1.807, 2.05) is 6.92 Å². The number of hydrogen-bond acceptors (Lipinski definition) is 3. The average Bonchev–Trinajstić information content (AvgIpc) is 2.78. The fourth-order valence-corrected chi connectivity index (χ4v) is 2.08. The van der Waals surface area contributed by atoms with E-state index in [4.69, 9.17) is 9.15 Å². The van der Waals surface area contributed by atoms with Crippen LogP contribution < -0.4 is 10.1 Å². The third-order valence-electron chi connectivity index (χ3n) is 3.35. The van der Waals surface area contributed by atoms with Crippen LogP contribution in [0.2, 0.25) is 0 Å². The van der Waals surface area contributed by atoms with Crippen LogP contribution in [0, 0.1) is 20.8 Å². The molecule has 0 amide bonds. The predicted octanol–water partition coefficient (Wildman–Crippen LogP) is 3.89. The van der Waals surface area contributed by atoms with Gasteiger partial charge in [-0.15, -0.1) is 0 Å². The Labute approximate surface area is 121 Å². The molecule has 0 unspecified atom stereocenters. The van der Waals surface area contributed by atoms with Crippen LogP contribution in [0.15, 0.2) is 28.7 Å². The highest BCUT2D eigenvalue weighted by Crippen LogP contribution is 2.22. The number of hydrogen-bond donors (Lipinski definition) is 1. The first-order valence-electron chi connectivity index (χ1n) is 7.09. The van der Waals surface area contributed by atoms with Gasteiger partial charge in [-0.05, 0) is 50.6 Å². The van der Waals surface area contributed by atoms with Gasteiger partial charge in [-0.25, -0.2) is 0 Å². The lowest BCUT2D eigenvalue weighted by Gasteiger charge is -2.09. The maximum atomic E-state index is 5.92. The molecule has 0 bridgehead atoms. The van der Waals surface area contributed by atoms with Crippen molar-refractivity contribution in [2.24, 2.45) is 0 Å². The van der Waals surface area contributed by atoms with Crippen LogP contribution in [0.1, 0.15) is 35.1 Å². The summed E-state index contributed by atoms with van der Waals surface area (Å²) in [6.45, 7) is 10.5. The highest BCUT2D eigenvalue weighted by Gasteiger charge is 2.08. The standard InChI is InChI=1S/C17H23NO2/c1-5-18-10-16-9-15(14(4)20-16)11-19-17-8-12(2)6-7-13(17)3/h6-9,18H,5,10-11H2,1-4H3. The molecule has 0 aliphatic rings. The Hall–Kier alpha value is -1.74. The Morgan fingerprint density at radius 1 is 1.15 bits per heavy atom. The van der Waals surface area contributed by atoms with Crippen molar-refractivity contribution in [3.05, 3.63) is 52.5 Å². The molecule has 2 aromatic rings. The van der Waals surface area contributed by atoms with Gasteiger partial charge in [-0.1, -0.05) is 19.1 Å². The van der Waals surface area contributed by atoms with Gasteiger partial charge in [0, 0.05) is 5.56 Å². The monoisotopic (exact) mass is 273 g/mol. The molecule has 0 aliphatic carbocycles. The molecular formula is C17H23NO2. The molecule has 1 N–H and O–H groups in total. The number of rotatable bonds is 6. The minimum atomic E-state index is 0.547. The second kappa shape index (κ2) is 6.62. The van der Waals surface area contributed by atoms with Crippen LogP contribution in [0.3, 0.4) is 0 Å². The molecule has 2 rings (SSSR count). The predicted molar refractivity (Wildman–Crippen MR) is 81.1 cm³/mol. The lowest BCUT2D eigenvalue weighted by atomic mass is 10.1. The number of nitrogens with one attached hydrogen (secondary N) is 1. The van der Waals surface area contributed by atoms with Crippen molar-refractivity contribution in [3.63, 3.8) is 0 Å². The number of aryl methyl sites for hydroxylation is 3. The maximum Gasteiger partial charge on any atom is 0.122 e. The second-order valence-electron chi connectivity index (χ2n) is 5.13. The van der Waals surface area contributed by atoms with Gasteiger partial charge in [0.1, 0.15) is 23.9 Å². The first-order chi connectivity index (χ1) is 9.60. The fourth-order valence-electron chi connectivity index (χ4n) is 2.08. The highest BCUT2D eigenvalue weighted by atomic mass is 16.5. The van der Waals surface area contributed by atoms with Crippen LogP contribution in [-0.2, 0) is 13.2 Å². The highest BCUT2D eigenvalue weighted by molar-refractivity contribution is 5.36. The van der Waals surface area contributed by atoms with E-state index in [1.54, 1.807) is 0 Å². The van der Waals surface area contributed by atoms with Gasteiger partial charge in [-0.3, -0.25) is 0 Å². The second-order valence-corrected chi connectivity index (χ2v) is 5.13. The summed E-state index contributed by atoms with van der Waals surface area (Å²) in [5.74, 6) is 2.84. The average molecular weight is 273 g/mol. The van der Waals surface area contributed by atoms with Crippen molar-refractivity contribution >= 4 is 0 Å². The molecule has 0 saturated heterocycles. The Balaban J connectivity index is 2.03. The summed E-state index contributed by atoms with van der Waals surface area (Å²) in [5.41, 5.74) is 3.48. The zero-order valence-corrected chi connectivity index (χ0v) is 12.7. The molecule has 0 radical (unpaired) electrons. The largest absolute Gasteiger partial charge is 0.488 e. The van der Waals surface area contributed by atoms with E-state index < -0.39 is 0 Å². The molecule has 0 saturated carbocycles. The van der Waals surface area contributed by atoms with Crippen LogP contribution in [0.4, 0.5) is 0 Å². The molecule has 0 spiro atoms. The maximum absolute atomic E-state index is 5.92. The first-order valence-corrected chi connectivity index (χ1v) is 7.09. The minimum Gasteiger partial charge on any atom is -0.488 e. The number of furan rings is 1. The molecule has 1 aromatic heterocycles. The van der Waals surface area contributed by atoms with E-state index in [0.29, 0.717) is 6.61 Å². The van der Waals surface area contributed by atoms with Crippen LogP contribution in [-0.4, -0.2) is 6.54 Å². The normalized spacial score (nSPS) is 10.8. The van der Waals surface area contributed by atoms with Crippen molar-refractivity contribution in [1.82, 2.24) is 5.32 Å². The summed E-state index contributed by atoms with van der Waals surface area (Å²) in [6.07, 6.45) is 0. The molecule has 3 nitrogen and oxygen atoms in total. The third kappa shape index (κ3) is 3.64. The van der Waals surface area contributed by atoms with Gasteiger partial charge in [0.05, 0.1) is 6.54 Å². The fraction of sp³-hybridized carbons (Fsp3) is 0.412. The third-order valence-corrected chi connectivity index (χ3v) is 3.35. The molecule has 1 aromatic carbocycles. The Morgan fingerprint density at radius 3 is 2.70 bits per heavy atom. The van der Waals surface area contributed by atoms with E-state index in [0.717, 1.165) is 41.5 Å².